The van der Waals surface area contributed by atoms with E-state index in [9.17, 15) is 9.18 Å². The van der Waals surface area contributed by atoms with Gasteiger partial charge >= 0.3 is 0 Å². The Morgan fingerprint density at radius 1 is 1.50 bits per heavy atom. The second kappa shape index (κ2) is 4.20. The molecule has 16 heavy (non-hydrogen) atoms. The summed E-state index contributed by atoms with van der Waals surface area (Å²) in [6.07, 6.45) is 5.57. The molecule has 0 saturated heterocycles. The summed E-state index contributed by atoms with van der Waals surface area (Å²) in [5.74, 6) is -0.838. The van der Waals surface area contributed by atoms with E-state index < -0.39 is 5.95 Å². The summed E-state index contributed by atoms with van der Waals surface area (Å²) >= 11 is 0. The number of aromatic nitrogens is 1. The summed E-state index contributed by atoms with van der Waals surface area (Å²) in [7, 11) is 0. The van der Waals surface area contributed by atoms with Gasteiger partial charge in [0, 0.05) is 23.4 Å². The maximum absolute atomic E-state index is 12.8. The minimum atomic E-state index is -0.621. The Kier molecular flexibility index (Phi) is 2.90. The second-order valence-corrected chi connectivity index (χ2v) is 4.59. The average Bonchev–Trinajstić information content (AvgIpc) is 2.65. The topological polar surface area (TPSA) is 42.0 Å². The van der Waals surface area contributed by atoms with Crippen molar-refractivity contribution in [3.63, 3.8) is 0 Å². The number of pyridine rings is 1. The maximum atomic E-state index is 12.8. The second-order valence-electron chi connectivity index (χ2n) is 4.59. The van der Waals surface area contributed by atoms with Crippen molar-refractivity contribution in [2.24, 2.45) is 0 Å². The molecular weight excluding hydrogens is 207 g/mol. The molecule has 1 aliphatic rings. The maximum Gasteiger partial charge on any atom is 0.251 e. The van der Waals surface area contributed by atoms with Crippen LogP contribution in [0.1, 0.15) is 43.0 Å². The normalized spacial score (nSPS) is 18.4. The van der Waals surface area contributed by atoms with Crippen LogP contribution in [-0.4, -0.2) is 16.4 Å². The summed E-state index contributed by atoms with van der Waals surface area (Å²) in [5, 5.41) is 2.97. The summed E-state index contributed by atoms with van der Waals surface area (Å²) in [5.41, 5.74) is 0.206. The van der Waals surface area contributed by atoms with Gasteiger partial charge in [0.15, 0.2) is 0 Å². The van der Waals surface area contributed by atoms with Gasteiger partial charge in [-0.15, -0.1) is 0 Å². The van der Waals surface area contributed by atoms with Crippen molar-refractivity contribution in [1.29, 1.82) is 0 Å². The van der Waals surface area contributed by atoms with Gasteiger partial charge in [0.25, 0.3) is 5.91 Å². The van der Waals surface area contributed by atoms with Crippen LogP contribution >= 0.6 is 0 Å². The van der Waals surface area contributed by atoms with Gasteiger partial charge in [0.05, 0.1) is 0 Å². The molecule has 0 spiro atoms. The van der Waals surface area contributed by atoms with Crippen molar-refractivity contribution in [2.75, 3.05) is 0 Å². The first kappa shape index (κ1) is 11.0. The Morgan fingerprint density at radius 3 is 2.81 bits per heavy atom. The average molecular weight is 222 g/mol. The van der Waals surface area contributed by atoms with Crippen LogP contribution in [0.25, 0.3) is 0 Å². The van der Waals surface area contributed by atoms with E-state index in [-0.39, 0.29) is 11.4 Å². The molecule has 1 fully saturated rings. The zero-order valence-corrected chi connectivity index (χ0v) is 9.29. The molecular formula is C12H15FN2O. The molecule has 0 radical (unpaired) electrons. The number of amides is 1. The number of halogens is 1. The quantitative estimate of drug-likeness (QED) is 0.780. The molecule has 3 nitrogen and oxygen atoms in total. The Balaban J connectivity index is 2.08. The number of nitrogens with one attached hydrogen (secondary N) is 1. The summed E-state index contributed by atoms with van der Waals surface area (Å²) < 4.78 is 12.8. The first-order valence-electron chi connectivity index (χ1n) is 5.53. The number of hydrogen-bond acceptors (Lipinski definition) is 2. The number of nitrogens with zero attached hydrogens (tertiary/aromatic N) is 1. The van der Waals surface area contributed by atoms with Crippen molar-refractivity contribution < 1.29 is 9.18 Å². The molecule has 86 valence electrons. The molecule has 1 saturated carbocycles. The highest BCUT2D eigenvalue weighted by atomic mass is 19.1. The monoisotopic (exact) mass is 222 g/mol. The smallest absolute Gasteiger partial charge is 0.251 e. The number of carbonyl (C=O) groups is 1. The van der Waals surface area contributed by atoms with Gasteiger partial charge in [-0.25, -0.2) is 4.98 Å². The van der Waals surface area contributed by atoms with Gasteiger partial charge in [0.2, 0.25) is 5.95 Å². The van der Waals surface area contributed by atoms with Crippen LogP contribution in [0.15, 0.2) is 18.3 Å². The summed E-state index contributed by atoms with van der Waals surface area (Å²) in [6, 6.07) is 2.68. The van der Waals surface area contributed by atoms with Gasteiger partial charge in [-0.1, -0.05) is 12.8 Å². The highest BCUT2D eigenvalue weighted by Gasteiger charge is 2.30. The van der Waals surface area contributed by atoms with E-state index >= 15 is 0 Å². The Hall–Kier alpha value is -1.45. The van der Waals surface area contributed by atoms with E-state index in [2.05, 4.69) is 10.3 Å². The van der Waals surface area contributed by atoms with E-state index in [4.69, 9.17) is 0 Å². The fourth-order valence-corrected chi connectivity index (χ4v) is 2.17. The molecule has 1 N–H and O–H groups in total. The van der Waals surface area contributed by atoms with Crippen LogP contribution in [0.5, 0.6) is 0 Å². The molecule has 0 atom stereocenters. The minimum Gasteiger partial charge on any atom is -0.347 e. The van der Waals surface area contributed by atoms with Crippen molar-refractivity contribution in [1.82, 2.24) is 10.3 Å². The van der Waals surface area contributed by atoms with Crippen LogP contribution in [0.2, 0.25) is 0 Å². The summed E-state index contributed by atoms with van der Waals surface area (Å²) in [4.78, 5) is 15.3. The zero-order valence-electron chi connectivity index (χ0n) is 9.29. The number of rotatable bonds is 2. The van der Waals surface area contributed by atoms with Crippen LogP contribution in [-0.2, 0) is 0 Å². The molecule has 4 heteroatoms. The first-order chi connectivity index (χ1) is 7.59. The molecule has 1 aromatic rings. The van der Waals surface area contributed by atoms with Gasteiger partial charge in [-0.3, -0.25) is 4.79 Å². The van der Waals surface area contributed by atoms with Gasteiger partial charge in [-0.2, -0.15) is 4.39 Å². The van der Waals surface area contributed by atoms with E-state index in [1.165, 1.54) is 12.3 Å². The molecule has 1 heterocycles. The predicted octanol–water partition coefficient (Wildman–Crippen LogP) is 2.28. The molecule has 1 amide bonds. The standard InChI is InChI=1S/C12H15FN2O/c1-12(5-2-3-6-12)15-11(16)9-4-7-14-10(13)8-9/h4,7-8H,2-3,5-6H2,1H3,(H,15,16). The lowest BCUT2D eigenvalue weighted by Gasteiger charge is -2.25. The fraction of sp³-hybridized carbons (Fsp3) is 0.500. The third-order valence-corrected chi connectivity index (χ3v) is 3.11. The fourth-order valence-electron chi connectivity index (χ4n) is 2.17. The third kappa shape index (κ3) is 2.38. The van der Waals surface area contributed by atoms with E-state index in [1.807, 2.05) is 6.92 Å². The molecule has 0 unspecified atom stereocenters. The van der Waals surface area contributed by atoms with E-state index in [0.29, 0.717) is 5.56 Å². The predicted molar refractivity (Wildman–Crippen MR) is 58.5 cm³/mol. The summed E-state index contributed by atoms with van der Waals surface area (Å²) in [6.45, 7) is 2.04. The van der Waals surface area contributed by atoms with Crippen LogP contribution in [0, 0.1) is 5.95 Å². The van der Waals surface area contributed by atoms with Crippen molar-refractivity contribution in [2.45, 2.75) is 38.1 Å². The molecule has 0 bridgehead atoms. The zero-order chi connectivity index (χ0) is 11.6. The third-order valence-electron chi connectivity index (χ3n) is 3.11. The Labute approximate surface area is 94.1 Å². The highest BCUT2D eigenvalue weighted by Crippen LogP contribution is 2.29. The molecule has 1 aliphatic carbocycles. The lowest BCUT2D eigenvalue weighted by molar-refractivity contribution is 0.0907. The minimum absolute atomic E-state index is 0.128. The van der Waals surface area contributed by atoms with Gasteiger partial charge < -0.3 is 5.32 Å². The highest BCUT2D eigenvalue weighted by molar-refractivity contribution is 5.94. The SMILES string of the molecule is CC1(NC(=O)c2ccnc(F)c2)CCCC1. The van der Waals surface area contributed by atoms with Crippen molar-refractivity contribution >= 4 is 5.91 Å². The van der Waals surface area contributed by atoms with Crippen molar-refractivity contribution in [3.05, 3.63) is 29.8 Å². The van der Waals surface area contributed by atoms with Gasteiger partial charge in [-0.05, 0) is 25.8 Å². The molecule has 0 aromatic carbocycles. The Bertz CT molecular complexity index is 400. The lowest BCUT2D eigenvalue weighted by atomic mass is 10.0. The van der Waals surface area contributed by atoms with E-state index in [1.54, 1.807) is 0 Å². The van der Waals surface area contributed by atoms with Gasteiger partial charge in [0.1, 0.15) is 0 Å². The first-order valence-corrected chi connectivity index (χ1v) is 5.53. The number of carbonyl (C=O) groups excluding carboxylic acids is 1. The van der Waals surface area contributed by atoms with E-state index in [0.717, 1.165) is 31.7 Å². The largest absolute Gasteiger partial charge is 0.347 e. The number of hydrogen-bond donors (Lipinski definition) is 1. The van der Waals surface area contributed by atoms with Crippen LogP contribution < -0.4 is 5.32 Å². The Morgan fingerprint density at radius 2 is 2.19 bits per heavy atom. The van der Waals surface area contributed by atoms with Crippen LogP contribution in [0.3, 0.4) is 0 Å². The van der Waals surface area contributed by atoms with Crippen LogP contribution in [0.4, 0.5) is 4.39 Å². The molecule has 1 aromatic heterocycles. The van der Waals surface area contributed by atoms with Crippen molar-refractivity contribution in [3.8, 4) is 0 Å². The molecule has 0 aliphatic heterocycles. The lowest BCUT2D eigenvalue weighted by Crippen LogP contribution is -2.43. The molecule has 2 rings (SSSR count).